The predicted octanol–water partition coefficient (Wildman–Crippen LogP) is 0.756. The molecule has 8 heteroatoms. The molecule has 0 unspecified atom stereocenters. The Balaban J connectivity index is 2.65. The highest BCUT2D eigenvalue weighted by Gasteiger charge is 2.10. The van der Waals surface area contributed by atoms with E-state index >= 15 is 0 Å². The molecule has 0 heterocycles. The van der Waals surface area contributed by atoms with Crippen LogP contribution in [-0.2, 0) is 10.0 Å². The Morgan fingerprint density at radius 2 is 2.12 bits per heavy atom. The molecular formula is C9H11BrN2O3S2. The normalized spacial score (nSPS) is 11.2. The maximum atomic E-state index is 11.7. The van der Waals surface area contributed by atoms with E-state index in [0.29, 0.717) is 10.5 Å². The Hall–Kier alpha value is -0.570. The minimum absolute atomic E-state index is 0.0268. The number of benzene rings is 1. The van der Waals surface area contributed by atoms with Crippen LogP contribution in [0.3, 0.4) is 0 Å². The average Bonchev–Trinajstić information content (AvgIpc) is 2.15. The Morgan fingerprint density at radius 1 is 1.47 bits per heavy atom. The van der Waals surface area contributed by atoms with Crippen molar-refractivity contribution in [2.75, 3.05) is 12.3 Å². The van der Waals surface area contributed by atoms with Crippen LogP contribution in [0.4, 0.5) is 0 Å². The zero-order valence-corrected chi connectivity index (χ0v) is 12.0. The van der Waals surface area contributed by atoms with E-state index in [1.807, 2.05) is 0 Å². The number of hydrogen-bond acceptors (Lipinski definition) is 4. The van der Waals surface area contributed by atoms with Crippen molar-refractivity contribution in [2.24, 2.45) is 5.14 Å². The Labute approximate surface area is 113 Å². The molecule has 0 saturated carbocycles. The second kappa shape index (κ2) is 5.85. The lowest BCUT2D eigenvalue weighted by Gasteiger charge is -2.06. The van der Waals surface area contributed by atoms with Gasteiger partial charge in [-0.05, 0) is 18.2 Å². The molecule has 1 aromatic rings. The molecule has 1 aromatic carbocycles. The lowest BCUT2D eigenvalue weighted by atomic mass is 10.2. The first kappa shape index (κ1) is 14.5. The zero-order valence-electron chi connectivity index (χ0n) is 8.68. The van der Waals surface area contributed by atoms with E-state index in [4.69, 9.17) is 5.14 Å². The Morgan fingerprint density at radius 3 is 2.65 bits per heavy atom. The summed E-state index contributed by atoms with van der Waals surface area (Å²) in [6.07, 6.45) is 0. The summed E-state index contributed by atoms with van der Waals surface area (Å²) in [6, 6.07) is 4.98. The van der Waals surface area contributed by atoms with Gasteiger partial charge in [0.15, 0.2) is 0 Å². The average molecular weight is 339 g/mol. The number of hydrogen-bond donors (Lipinski definition) is 3. The lowest BCUT2D eigenvalue weighted by Crippen LogP contribution is -2.31. The topological polar surface area (TPSA) is 89.3 Å². The van der Waals surface area contributed by atoms with Crippen molar-refractivity contribution >= 4 is 44.5 Å². The number of amides is 1. The molecule has 0 aliphatic heterocycles. The van der Waals surface area contributed by atoms with Crippen molar-refractivity contribution in [2.45, 2.75) is 4.90 Å². The highest BCUT2D eigenvalue weighted by molar-refractivity contribution is 9.10. The smallest absolute Gasteiger partial charge is 0.252 e. The number of halogens is 1. The van der Waals surface area contributed by atoms with Crippen molar-refractivity contribution in [1.82, 2.24) is 5.32 Å². The number of carbonyl (C=O) groups is 1. The van der Waals surface area contributed by atoms with Gasteiger partial charge in [0.1, 0.15) is 0 Å². The summed E-state index contributed by atoms with van der Waals surface area (Å²) >= 11 is 7.40. The highest BCUT2D eigenvalue weighted by atomic mass is 79.9. The highest BCUT2D eigenvalue weighted by Crippen LogP contribution is 2.19. The first-order chi connectivity index (χ1) is 7.79. The van der Waals surface area contributed by atoms with Crippen LogP contribution < -0.4 is 10.5 Å². The molecule has 94 valence electrons. The van der Waals surface area contributed by atoms with Gasteiger partial charge in [0.05, 0.1) is 11.3 Å². The van der Waals surface area contributed by atoms with Gasteiger partial charge in [-0.15, -0.1) is 12.6 Å². The van der Waals surface area contributed by atoms with Gasteiger partial charge in [0.2, 0.25) is 10.0 Å². The summed E-state index contributed by atoms with van der Waals surface area (Å²) in [5.41, 5.74) is 0.381. The van der Waals surface area contributed by atoms with Crippen LogP contribution in [0, 0.1) is 0 Å². The van der Waals surface area contributed by atoms with Gasteiger partial charge >= 0.3 is 0 Å². The van der Waals surface area contributed by atoms with Crippen LogP contribution in [0.15, 0.2) is 27.6 Å². The second-order valence-electron chi connectivity index (χ2n) is 3.28. The van der Waals surface area contributed by atoms with E-state index in [0.717, 1.165) is 4.47 Å². The Kier molecular flexibility index (Phi) is 4.99. The molecule has 5 nitrogen and oxygen atoms in total. The molecular weight excluding hydrogens is 328 g/mol. The summed E-state index contributed by atoms with van der Waals surface area (Å²) in [5, 5.41) is 7.26. The summed E-state index contributed by atoms with van der Waals surface area (Å²) in [5.74, 6) is -0.678. The van der Waals surface area contributed by atoms with E-state index in [2.05, 4.69) is 33.9 Å². The number of primary sulfonamides is 1. The number of nitrogens with one attached hydrogen (secondary N) is 1. The third kappa shape index (κ3) is 5.07. The first-order valence-electron chi connectivity index (χ1n) is 4.57. The first-order valence-corrected chi connectivity index (χ1v) is 7.52. The largest absolute Gasteiger partial charge is 0.351 e. The summed E-state index contributed by atoms with van der Waals surface area (Å²) in [7, 11) is -3.56. The molecule has 0 spiro atoms. The van der Waals surface area contributed by atoms with Crippen molar-refractivity contribution in [3.63, 3.8) is 0 Å². The van der Waals surface area contributed by atoms with E-state index in [-0.39, 0.29) is 18.2 Å². The number of sulfonamides is 1. The molecule has 0 fully saturated rings. The van der Waals surface area contributed by atoms with Crippen molar-refractivity contribution in [1.29, 1.82) is 0 Å². The fourth-order valence-corrected chi connectivity index (χ4v) is 2.34. The standard InChI is InChI=1S/C9H11BrN2O3S2/c10-6-1-2-7(8(16)5-6)9(13)12-3-4-17(11,14)15/h1-2,5,16H,3-4H2,(H,12,13)(H2,11,14,15). The van der Waals surface area contributed by atoms with E-state index < -0.39 is 10.0 Å². The third-order valence-electron chi connectivity index (χ3n) is 1.88. The maximum absolute atomic E-state index is 11.7. The SMILES string of the molecule is NS(=O)(=O)CCNC(=O)c1ccc(Br)cc1S. The molecule has 17 heavy (non-hydrogen) atoms. The van der Waals surface area contributed by atoms with Crippen LogP contribution in [0.1, 0.15) is 10.4 Å². The number of carbonyl (C=O) groups excluding carboxylic acids is 1. The summed E-state index contributed by atoms with van der Waals surface area (Å²) < 4.78 is 22.1. The quantitative estimate of drug-likeness (QED) is 0.708. The van der Waals surface area contributed by atoms with E-state index in [1.54, 1.807) is 18.2 Å². The molecule has 0 aromatic heterocycles. The lowest BCUT2D eigenvalue weighted by molar-refractivity contribution is 0.0953. The minimum atomic E-state index is -3.56. The summed E-state index contributed by atoms with van der Waals surface area (Å²) in [4.78, 5) is 12.2. The van der Waals surface area contributed by atoms with Crippen molar-refractivity contribution < 1.29 is 13.2 Å². The van der Waals surface area contributed by atoms with E-state index in [9.17, 15) is 13.2 Å². The molecule has 1 rings (SSSR count). The number of nitrogens with two attached hydrogens (primary N) is 1. The monoisotopic (exact) mass is 338 g/mol. The van der Waals surface area contributed by atoms with Crippen LogP contribution in [0.2, 0.25) is 0 Å². The van der Waals surface area contributed by atoms with Crippen molar-refractivity contribution in [3.8, 4) is 0 Å². The van der Waals surface area contributed by atoms with Gasteiger partial charge in [-0.25, -0.2) is 13.6 Å². The minimum Gasteiger partial charge on any atom is -0.351 e. The molecule has 0 atom stereocenters. The molecule has 0 saturated heterocycles. The van der Waals surface area contributed by atoms with Gasteiger partial charge in [-0.3, -0.25) is 4.79 Å². The van der Waals surface area contributed by atoms with Gasteiger partial charge in [-0.2, -0.15) is 0 Å². The molecule has 0 bridgehead atoms. The van der Waals surface area contributed by atoms with Crippen LogP contribution in [0.5, 0.6) is 0 Å². The van der Waals surface area contributed by atoms with Crippen LogP contribution in [-0.4, -0.2) is 26.6 Å². The predicted molar refractivity (Wildman–Crippen MR) is 71.7 cm³/mol. The summed E-state index contributed by atoms with van der Waals surface area (Å²) in [6.45, 7) is -0.0268. The van der Waals surface area contributed by atoms with Gasteiger partial charge in [0, 0.05) is 15.9 Å². The van der Waals surface area contributed by atoms with Crippen LogP contribution >= 0.6 is 28.6 Å². The Bertz CT molecular complexity index is 531. The van der Waals surface area contributed by atoms with Crippen LogP contribution in [0.25, 0.3) is 0 Å². The number of rotatable bonds is 4. The fourth-order valence-electron chi connectivity index (χ4n) is 1.10. The number of thiol groups is 1. The molecule has 0 aliphatic rings. The zero-order chi connectivity index (χ0) is 13.1. The van der Waals surface area contributed by atoms with Gasteiger partial charge in [0.25, 0.3) is 5.91 Å². The van der Waals surface area contributed by atoms with Gasteiger partial charge < -0.3 is 5.32 Å². The third-order valence-corrected chi connectivity index (χ3v) is 3.51. The molecule has 0 aliphatic carbocycles. The molecule has 1 amide bonds. The van der Waals surface area contributed by atoms with Gasteiger partial charge in [-0.1, -0.05) is 15.9 Å². The molecule has 0 radical (unpaired) electrons. The maximum Gasteiger partial charge on any atom is 0.252 e. The second-order valence-corrected chi connectivity index (χ2v) is 6.42. The molecule has 3 N–H and O–H groups in total. The van der Waals surface area contributed by atoms with E-state index in [1.165, 1.54) is 0 Å². The fraction of sp³-hybridized carbons (Fsp3) is 0.222. The van der Waals surface area contributed by atoms with Crippen molar-refractivity contribution in [3.05, 3.63) is 28.2 Å².